The zero-order chi connectivity index (χ0) is 12.2. The van der Waals surface area contributed by atoms with Gasteiger partial charge in [-0.25, -0.2) is 4.72 Å². The van der Waals surface area contributed by atoms with Crippen LogP contribution in [0.2, 0.25) is 0 Å². The van der Waals surface area contributed by atoms with Gasteiger partial charge in [-0.15, -0.1) is 11.6 Å². The summed E-state index contributed by atoms with van der Waals surface area (Å²) in [5.41, 5.74) is 0.894. The first-order valence-electron chi connectivity index (χ1n) is 4.79. The van der Waals surface area contributed by atoms with Crippen LogP contribution in [0.4, 0.5) is 0 Å². The van der Waals surface area contributed by atoms with Crippen molar-refractivity contribution in [3.63, 3.8) is 0 Å². The summed E-state index contributed by atoms with van der Waals surface area (Å²) in [7, 11) is -0.470. The maximum absolute atomic E-state index is 11.4. The summed E-state index contributed by atoms with van der Waals surface area (Å²) in [5, 5.41) is -0.365. The van der Waals surface area contributed by atoms with Crippen molar-refractivity contribution in [2.45, 2.75) is 5.38 Å². The van der Waals surface area contributed by atoms with Gasteiger partial charge in [0.1, 0.15) is 0 Å². The summed E-state index contributed by atoms with van der Waals surface area (Å²) in [4.78, 5) is 0. The first-order chi connectivity index (χ1) is 7.43. The van der Waals surface area contributed by atoms with E-state index in [2.05, 4.69) is 4.72 Å². The Hall–Kier alpha value is -0.620. The van der Waals surface area contributed by atoms with Crippen molar-refractivity contribution in [2.75, 3.05) is 20.6 Å². The minimum atomic E-state index is -3.40. The van der Waals surface area contributed by atoms with Crippen LogP contribution in [0.3, 0.4) is 0 Å². The quantitative estimate of drug-likeness (QED) is 0.815. The summed E-state index contributed by atoms with van der Waals surface area (Å²) in [5.74, 6) is 0. The van der Waals surface area contributed by atoms with Crippen LogP contribution in [0.5, 0.6) is 0 Å². The molecule has 4 nitrogen and oxygen atoms in total. The Morgan fingerprint density at radius 2 is 1.88 bits per heavy atom. The van der Waals surface area contributed by atoms with Crippen LogP contribution in [0.1, 0.15) is 10.9 Å². The zero-order valence-electron chi connectivity index (χ0n) is 9.22. The van der Waals surface area contributed by atoms with E-state index in [0.29, 0.717) is 0 Å². The van der Waals surface area contributed by atoms with Gasteiger partial charge >= 0.3 is 0 Å². The number of nitrogens with one attached hydrogen (secondary N) is 1. The minimum Gasteiger partial charge on any atom is -0.200 e. The summed E-state index contributed by atoms with van der Waals surface area (Å²) in [6.45, 7) is 0.173. The van der Waals surface area contributed by atoms with Crippen molar-refractivity contribution in [3.05, 3.63) is 35.9 Å². The molecule has 6 heteroatoms. The highest BCUT2D eigenvalue weighted by atomic mass is 35.5. The van der Waals surface area contributed by atoms with Gasteiger partial charge in [-0.2, -0.15) is 12.7 Å². The number of hydrogen-bond donors (Lipinski definition) is 1. The molecule has 1 atom stereocenters. The van der Waals surface area contributed by atoms with E-state index in [9.17, 15) is 8.42 Å². The monoisotopic (exact) mass is 262 g/mol. The smallest absolute Gasteiger partial charge is 0.200 e. The maximum atomic E-state index is 11.4. The molecule has 0 amide bonds. The van der Waals surface area contributed by atoms with Crippen molar-refractivity contribution in [1.82, 2.24) is 9.03 Å². The van der Waals surface area contributed by atoms with Crippen LogP contribution in [0.15, 0.2) is 30.3 Å². The Morgan fingerprint density at radius 1 is 1.31 bits per heavy atom. The average molecular weight is 263 g/mol. The minimum absolute atomic E-state index is 0.173. The van der Waals surface area contributed by atoms with Crippen LogP contribution in [0, 0.1) is 0 Å². The van der Waals surface area contributed by atoms with Gasteiger partial charge in [0.25, 0.3) is 10.2 Å². The molecular formula is C10H15ClN2O2S. The predicted octanol–water partition coefficient (Wildman–Crippen LogP) is 1.36. The molecule has 1 N–H and O–H groups in total. The highest BCUT2D eigenvalue weighted by molar-refractivity contribution is 7.87. The van der Waals surface area contributed by atoms with Gasteiger partial charge in [-0.1, -0.05) is 30.3 Å². The molecule has 0 aromatic heterocycles. The molecular weight excluding hydrogens is 248 g/mol. The second-order valence-electron chi connectivity index (χ2n) is 3.51. The van der Waals surface area contributed by atoms with E-state index >= 15 is 0 Å². The standard InChI is InChI=1S/C10H15ClN2O2S/c1-13(2)16(14,15)12-8-10(11)9-6-4-3-5-7-9/h3-7,10,12H,8H2,1-2H3. The molecule has 0 saturated heterocycles. The van der Waals surface area contributed by atoms with E-state index in [4.69, 9.17) is 11.6 Å². The number of hydrogen-bond acceptors (Lipinski definition) is 2. The highest BCUT2D eigenvalue weighted by Gasteiger charge is 2.15. The molecule has 16 heavy (non-hydrogen) atoms. The number of halogens is 1. The first kappa shape index (κ1) is 13.4. The summed E-state index contributed by atoms with van der Waals surface area (Å²) >= 11 is 6.07. The van der Waals surface area contributed by atoms with Crippen molar-refractivity contribution in [2.24, 2.45) is 0 Å². The SMILES string of the molecule is CN(C)S(=O)(=O)NCC(Cl)c1ccccc1. The summed E-state index contributed by atoms with van der Waals surface area (Å²) in [6.07, 6.45) is 0. The molecule has 0 saturated carbocycles. The Balaban J connectivity index is 2.58. The first-order valence-corrected chi connectivity index (χ1v) is 6.67. The van der Waals surface area contributed by atoms with Gasteiger partial charge in [0.15, 0.2) is 0 Å². The molecule has 1 aromatic rings. The van der Waals surface area contributed by atoms with Gasteiger partial charge < -0.3 is 0 Å². The van der Waals surface area contributed by atoms with Crippen LogP contribution in [-0.4, -0.2) is 33.4 Å². The van der Waals surface area contributed by atoms with Gasteiger partial charge in [0.2, 0.25) is 0 Å². The normalized spacial score (nSPS) is 14.0. The van der Waals surface area contributed by atoms with Crippen molar-refractivity contribution >= 4 is 21.8 Å². The second-order valence-corrected chi connectivity index (χ2v) is 6.01. The van der Waals surface area contributed by atoms with E-state index in [1.54, 1.807) is 0 Å². The fraction of sp³-hybridized carbons (Fsp3) is 0.400. The van der Waals surface area contributed by atoms with Crippen LogP contribution < -0.4 is 4.72 Å². The Bertz CT molecular complexity index is 420. The van der Waals surface area contributed by atoms with E-state index < -0.39 is 10.2 Å². The average Bonchev–Trinajstić information content (AvgIpc) is 2.27. The maximum Gasteiger partial charge on any atom is 0.278 e. The number of alkyl halides is 1. The van der Waals surface area contributed by atoms with E-state index in [-0.39, 0.29) is 11.9 Å². The van der Waals surface area contributed by atoms with Crippen molar-refractivity contribution < 1.29 is 8.42 Å². The highest BCUT2D eigenvalue weighted by Crippen LogP contribution is 2.18. The van der Waals surface area contributed by atoms with Gasteiger partial charge in [0, 0.05) is 20.6 Å². The molecule has 0 aliphatic rings. The largest absolute Gasteiger partial charge is 0.278 e. The molecule has 0 heterocycles. The number of rotatable bonds is 5. The number of benzene rings is 1. The van der Waals surface area contributed by atoms with Gasteiger partial charge in [-0.05, 0) is 5.56 Å². The number of nitrogens with zero attached hydrogens (tertiary/aromatic N) is 1. The van der Waals surface area contributed by atoms with Crippen LogP contribution in [0.25, 0.3) is 0 Å². The third kappa shape index (κ3) is 3.75. The summed E-state index contributed by atoms with van der Waals surface area (Å²) in [6, 6.07) is 9.34. The Kier molecular flexibility index (Phi) is 4.73. The molecule has 90 valence electrons. The lowest BCUT2D eigenvalue weighted by molar-refractivity contribution is 0.505. The lowest BCUT2D eigenvalue weighted by Crippen LogP contribution is -2.37. The second kappa shape index (κ2) is 5.63. The predicted molar refractivity (Wildman–Crippen MR) is 65.6 cm³/mol. The molecule has 0 aliphatic carbocycles. The van der Waals surface area contributed by atoms with Gasteiger partial charge in [-0.3, -0.25) is 0 Å². The molecule has 0 spiro atoms. The molecule has 1 rings (SSSR count). The lowest BCUT2D eigenvalue weighted by Gasteiger charge is -2.15. The molecule has 0 fully saturated rings. The lowest BCUT2D eigenvalue weighted by atomic mass is 10.1. The molecule has 1 unspecified atom stereocenters. The van der Waals surface area contributed by atoms with E-state index in [1.165, 1.54) is 14.1 Å². The topological polar surface area (TPSA) is 49.4 Å². The van der Waals surface area contributed by atoms with Gasteiger partial charge in [0.05, 0.1) is 5.38 Å². The molecule has 0 radical (unpaired) electrons. The molecule has 1 aromatic carbocycles. The van der Waals surface area contributed by atoms with Crippen molar-refractivity contribution in [3.8, 4) is 0 Å². The fourth-order valence-corrected chi connectivity index (χ4v) is 2.04. The third-order valence-electron chi connectivity index (χ3n) is 2.09. The Labute approximate surface area is 101 Å². The van der Waals surface area contributed by atoms with Crippen LogP contribution in [-0.2, 0) is 10.2 Å². The zero-order valence-corrected chi connectivity index (χ0v) is 10.8. The summed E-state index contributed by atoms with van der Waals surface area (Å²) < 4.78 is 26.4. The van der Waals surface area contributed by atoms with Crippen molar-refractivity contribution in [1.29, 1.82) is 0 Å². The fourth-order valence-electron chi connectivity index (χ4n) is 1.09. The van der Waals surface area contributed by atoms with Crippen LogP contribution >= 0.6 is 11.6 Å². The molecule has 0 bridgehead atoms. The van der Waals surface area contributed by atoms with E-state index in [1.807, 2.05) is 30.3 Å². The van der Waals surface area contributed by atoms with E-state index in [0.717, 1.165) is 9.87 Å². The molecule has 0 aliphatic heterocycles. The Morgan fingerprint density at radius 3 is 2.38 bits per heavy atom. The third-order valence-corrected chi connectivity index (χ3v) is 3.99.